The smallest absolute Gasteiger partial charge is 0.279 e. The van der Waals surface area contributed by atoms with Gasteiger partial charge in [0.15, 0.2) is 6.54 Å². The Morgan fingerprint density at radius 1 is 1.36 bits per heavy atom. The molecule has 0 spiro atoms. The summed E-state index contributed by atoms with van der Waals surface area (Å²) in [6.45, 7) is 0.482. The van der Waals surface area contributed by atoms with Gasteiger partial charge in [0.25, 0.3) is 5.91 Å². The predicted octanol–water partition coefficient (Wildman–Crippen LogP) is 0.532. The first kappa shape index (κ1) is 11.2. The van der Waals surface area contributed by atoms with Gasteiger partial charge in [-0.15, -0.1) is 0 Å². The van der Waals surface area contributed by atoms with E-state index in [9.17, 15) is 4.79 Å². The average Bonchev–Trinajstić information content (AvgIpc) is 2.07. The normalized spacial score (nSPS) is 10.3. The molecule has 1 amide bonds. The van der Waals surface area contributed by atoms with Gasteiger partial charge in [-0.1, -0.05) is 15.9 Å². The van der Waals surface area contributed by atoms with E-state index in [1.165, 1.54) is 0 Å². The zero-order valence-electron chi connectivity index (χ0n) is 8.30. The molecule has 76 valence electrons. The lowest BCUT2D eigenvalue weighted by atomic mass is 10.3. The molecule has 0 bridgehead atoms. The lowest BCUT2D eigenvalue weighted by Gasteiger charge is -2.07. The summed E-state index contributed by atoms with van der Waals surface area (Å²) in [5.41, 5.74) is 0.833. The molecule has 0 aliphatic carbocycles. The minimum Gasteiger partial charge on any atom is -0.332 e. The van der Waals surface area contributed by atoms with Crippen molar-refractivity contribution in [2.45, 2.75) is 0 Å². The van der Waals surface area contributed by atoms with Crippen molar-refractivity contribution in [3.63, 3.8) is 0 Å². The molecular formula is C10H14BrN2O+. The fraction of sp³-hybridized carbons (Fsp3) is 0.300. The van der Waals surface area contributed by atoms with E-state index in [0.717, 1.165) is 15.1 Å². The molecule has 0 saturated heterocycles. The summed E-state index contributed by atoms with van der Waals surface area (Å²) in [6, 6.07) is 7.54. The lowest BCUT2D eigenvalue weighted by Crippen LogP contribution is -3.06. The van der Waals surface area contributed by atoms with E-state index in [4.69, 9.17) is 0 Å². The molecule has 0 radical (unpaired) electrons. The number of likely N-dealkylation sites (N-methyl/N-ethyl adjacent to an activating group) is 1. The van der Waals surface area contributed by atoms with E-state index in [1.54, 1.807) is 0 Å². The van der Waals surface area contributed by atoms with Gasteiger partial charge in [0.1, 0.15) is 0 Å². The van der Waals surface area contributed by atoms with Gasteiger partial charge in [0, 0.05) is 10.2 Å². The van der Waals surface area contributed by atoms with E-state index in [0.29, 0.717) is 6.54 Å². The first-order valence-corrected chi connectivity index (χ1v) is 5.21. The van der Waals surface area contributed by atoms with E-state index < -0.39 is 0 Å². The standard InChI is InChI=1S/C10H13BrN2O/c1-13(2)7-10(14)12-9-5-3-8(11)4-6-9/h3-6H,7H2,1-2H3,(H,12,14)/p+1. The number of carbonyl (C=O) groups is 1. The Balaban J connectivity index is 2.52. The maximum Gasteiger partial charge on any atom is 0.279 e. The van der Waals surface area contributed by atoms with Crippen molar-refractivity contribution < 1.29 is 9.69 Å². The van der Waals surface area contributed by atoms with Gasteiger partial charge < -0.3 is 10.2 Å². The Morgan fingerprint density at radius 2 is 1.93 bits per heavy atom. The molecule has 0 aliphatic heterocycles. The number of anilines is 1. The van der Waals surface area contributed by atoms with Crippen molar-refractivity contribution >= 4 is 27.5 Å². The summed E-state index contributed by atoms with van der Waals surface area (Å²) in [5, 5.41) is 2.82. The number of carbonyl (C=O) groups excluding carboxylic acids is 1. The molecule has 3 nitrogen and oxygen atoms in total. The fourth-order valence-electron chi connectivity index (χ4n) is 1.06. The third-order valence-corrected chi connectivity index (χ3v) is 2.17. The Labute approximate surface area is 92.2 Å². The van der Waals surface area contributed by atoms with Crippen LogP contribution in [0.1, 0.15) is 0 Å². The van der Waals surface area contributed by atoms with Crippen molar-refractivity contribution in [3.8, 4) is 0 Å². The first-order valence-electron chi connectivity index (χ1n) is 4.42. The van der Waals surface area contributed by atoms with Gasteiger partial charge in [0.2, 0.25) is 0 Å². The van der Waals surface area contributed by atoms with Crippen LogP contribution in [0.4, 0.5) is 5.69 Å². The summed E-state index contributed by atoms with van der Waals surface area (Å²) in [7, 11) is 3.89. The van der Waals surface area contributed by atoms with Gasteiger partial charge >= 0.3 is 0 Å². The monoisotopic (exact) mass is 257 g/mol. The van der Waals surface area contributed by atoms with Crippen LogP contribution in [0, 0.1) is 0 Å². The Hall–Kier alpha value is -0.870. The van der Waals surface area contributed by atoms with Gasteiger partial charge in [-0.25, -0.2) is 0 Å². The quantitative estimate of drug-likeness (QED) is 0.814. The van der Waals surface area contributed by atoms with Crippen LogP contribution >= 0.6 is 15.9 Å². The maximum absolute atomic E-state index is 11.4. The summed E-state index contributed by atoms with van der Waals surface area (Å²) in [4.78, 5) is 12.5. The molecule has 0 atom stereocenters. The molecule has 14 heavy (non-hydrogen) atoms. The van der Waals surface area contributed by atoms with Crippen LogP contribution in [0.5, 0.6) is 0 Å². The van der Waals surface area contributed by atoms with Crippen molar-refractivity contribution in [2.24, 2.45) is 0 Å². The third-order valence-electron chi connectivity index (χ3n) is 1.64. The summed E-state index contributed by atoms with van der Waals surface area (Å²) < 4.78 is 1.01. The van der Waals surface area contributed by atoms with Gasteiger partial charge in [0.05, 0.1) is 14.1 Å². The van der Waals surface area contributed by atoms with Crippen LogP contribution in [0.3, 0.4) is 0 Å². The zero-order chi connectivity index (χ0) is 10.6. The molecule has 2 N–H and O–H groups in total. The number of benzene rings is 1. The van der Waals surface area contributed by atoms with Crippen molar-refractivity contribution in [1.82, 2.24) is 0 Å². The maximum atomic E-state index is 11.4. The van der Waals surface area contributed by atoms with Gasteiger partial charge in [-0.2, -0.15) is 0 Å². The molecular weight excluding hydrogens is 244 g/mol. The van der Waals surface area contributed by atoms with E-state index in [1.807, 2.05) is 38.4 Å². The number of rotatable bonds is 3. The summed E-state index contributed by atoms with van der Waals surface area (Å²) >= 11 is 3.34. The second kappa shape index (κ2) is 5.12. The summed E-state index contributed by atoms with van der Waals surface area (Å²) in [5.74, 6) is 0.0346. The Morgan fingerprint density at radius 3 is 2.43 bits per heavy atom. The SMILES string of the molecule is C[NH+](C)CC(=O)Nc1ccc(Br)cc1. The molecule has 0 saturated carbocycles. The highest BCUT2D eigenvalue weighted by Crippen LogP contribution is 2.13. The molecule has 0 aromatic heterocycles. The first-order chi connectivity index (χ1) is 6.58. The number of quaternary nitrogens is 1. The minimum atomic E-state index is 0.0346. The second-order valence-corrected chi connectivity index (χ2v) is 4.35. The molecule has 1 rings (SSSR count). The number of hydrogen-bond donors (Lipinski definition) is 2. The molecule has 4 heteroatoms. The Bertz CT molecular complexity index is 308. The predicted molar refractivity (Wildman–Crippen MR) is 60.4 cm³/mol. The highest BCUT2D eigenvalue weighted by Gasteiger charge is 2.05. The van der Waals surface area contributed by atoms with Gasteiger partial charge in [-0.05, 0) is 24.3 Å². The van der Waals surface area contributed by atoms with Crippen LogP contribution in [0.25, 0.3) is 0 Å². The van der Waals surface area contributed by atoms with E-state index in [-0.39, 0.29) is 5.91 Å². The molecule has 1 aromatic rings. The topological polar surface area (TPSA) is 33.5 Å². The zero-order valence-corrected chi connectivity index (χ0v) is 9.89. The van der Waals surface area contributed by atoms with Crippen LogP contribution in [-0.2, 0) is 4.79 Å². The Kier molecular flexibility index (Phi) is 4.10. The summed E-state index contributed by atoms with van der Waals surface area (Å²) in [6.07, 6.45) is 0. The van der Waals surface area contributed by atoms with Crippen molar-refractivity contribution in [3.05, 3.63) is 28.7 Å². The molecule has 0 aliphatic rings. The second-order valence-electron chi connectivity index (χ2n) is 3.44. The van der Waals surface area contributed by atoms with E-state index >= 15 is 0 Å². The molecule has 1 aromatic carbocycles. The number of hydrogen-bond acceptors (Lipinski definition) is 1. The largest absolute Gasteiger partial charge is 0.332 e. The third kappa shape index (κ3) is 3.89. The number of amides is 1. The molecule has 0 heterocycles. The average molecular weight is 258 g/mol. The van der Waals surface area contributed by atoms with E-state index in [2.05, 4.69) is 21.2 Å². The van der Waals surface area contributed by atoms with Gasteiger partial charge in [-0.3, -0.25) is 4.79 Å². The van der Waals surface area contributed by atoms with Crippen LogP contribution in [0.15, 0.2) is 28.7 Å². The van der Waals surface area contributed by atoms with Crippen molar-refractivity contribution in [1.29, 1.82) is 0 Å². The number of nitrogens with one attached hydrogen (secondary N) is 2. The van der Waals surface area contributed by atoms with Crippen molar-refractivity contribution in [2.75, 3.05) is 26.0 Å². The van der Waals surface area contributed by atoms with Crippen LogP contribution in [0.2, 0.25) is 0 Å². The highest BCUT2D eigenvalue weighted by atomic mass is 79.9. The van der Waals surface area contributed by atoms with Crippen LogP contribution in [-0.4, -0.2) is 26.5 Å². The highest BCUT2D eigenvalue weighted by molar-refractivity contribution is 9.10. The fourth-order valence-corrected chi connectivity index (χ4v) is 1.32. The minimum absolute atomic E-state index is 0.0346. The lowest BCUT2D eigenvalue weighted by molar-refractivity contribution is -0.849. The molecule has 0 unspecified atom stereocenters. The number of halogens is 1. The molecule has 0 fully saturated rings. The van der Waals surface area contributed by atoms with Crippen LogP contribution < -0.4 is 10.2 Å².